The van der Waals surface area contributed by atoms with Crippen molar-refractivity contribution in [1.29, 1.82) is 0 Å². The van der Waals surface area contributed by atoms with Gasteiger partial charge in [-0.15, -0.1) is 0 Å². The summed E-state index contributed by atoms with van der Waals surface area (Å²) < 4.78 is 16.6. The molecule has 106 valence electrons. The zero-order valence-corrected chi connectivity index (χ0v) is 11.4. The summed E-state index contributed by atoms with van der Waals surface area (Å²) in [5.74, 6) is 0. The fourth-order valence-electron chi connectivity index (χ4n) is 2.58. The van der Waals surface area contributed by atoms with Crippen LogP contribution in [-0.2, 0) is 14.2 Å². The van der Waals surface area contributed by atoms with Gasteiger partial charge in [-0.05, 0) is 45.1 Å². The Bertz CT molecular complexity index is 199. The fraction of sp³-hybridized carbons (Fsp3) is 1.00. The van der Waals surface area contributed by atoms with E-state index in [0.29, 0.717) is 12.1 Å². The molecule has 2 fully saturated rings. The van der Waals surface area contributed by atoms with E-state index in [4.69, 9.17) is 14.2 Å². The first-order chi connectivity index (χ1) is 8.95. The van der Waals surface area contributed by atoms with Crippen LogP contribution in [0.3, 0.4) is 0 Å². The maximum Gasteiger partial charge on any atom is 0.0809 e. The Kier molecular flexibility index (Phi) is 7.01. The molecular weight excluding hydrogens is 230 g/mol. The third-order valence-corrected chi connectivity index (χ3v) is 3.68. The molecule has 0 aromatic heterocycles. The first kappa shape index (κ1) is 14.3. The largest absolute Gasteiger partial charge is 0.381 e. The van der Waals surface area contributed by atoms with Gasteiger partial charge in [0.25, 0.3) is 0 Å². The van der Waals surface area contributed by atoms with Crippen LogP contribution >= 0.6 is 0 Å². The Labute approximate surface area is 110 Å². The van der Waals surface area contributed by atoms with Crippen LogP contribution in [-0.4, -0.2) is 51.7 Å². The maximum absolute atomic E-state index is 5.64. The predicted molar refractivity (Wildman–Crippen MR) is 70.9 cm³/mol. The van der Waals surface area contributed by atoms with Gasteiger partial charge < -0.3 is 19.5 Å². The van der Waals surface area contributed by atoms with Crippen LogP contribution in [0.4, 0.5) is 0 Å². The molecule has 1 N–H and O–H groups in total. The van der Waals surface area contributed by atoms with E-state index < -0.39 is 0 Å². The van der Waals surface area contributed by atoms with Gasteiger partial charge in [0.1, 0.15) is 0 Å². The second-order valence-corrected chi connectivity index (χ2v) is 5.26. The lowest BCUT2D eigenvalue weighted by Crippen LogP contribution is -2.30. The highest BCUT2D eigenvalue weighted by molar-refractivity contribution is 4.69. The van der Waals surface area contributed by atoms with E-state index >= 15 is 0 Å². The molecule has 0 aromatic carbocycles. The van der Waals surface area contributed by atoms with Crippen LogP contribution in [0.1, 0.15) is 38.5 Å². The maximum atomic E-state index is 5.64. The van der Waals surface area contributed by atoms with E-state index in [1.165, 1.54) is 25.7 Å². The molecule has 0 aromatic rings. The molecule has 2 saturated heterocycles. The van der Waals surface area contributed by atoms with E-state index in [1.807, 2.05) is 0 Å². The summed E-state index contributed by atoms with van der Waals surface area (Å²) in [5.41, 5.74) is 0. The van der Waals surface area contributed by atoms with Crippen molar-refractivity contribution in [2.24, 2.45) is 0 Å². The molecule has 0 spiro atoms. The van der Waals surface area contributed by atoms with E-state index in [-0.39, 0.29) is 0 Å². The molecule has 2 unspecified atom stereocenters. The lowest BCUT2D eigenvalue weighted by atomic mass is 10.1. The Morgan fingerprint density at radius 1 is 1.06 bits per heavy atom. The normalized spacial score (nSPS) is 29.3. The van der Waals surface area contributed by atoms with Gasteiger partial charge in [-0.25, -0.2) is 0 Å². The zero-order valence-electron chi connectivity index (χ0n) is 11.4. The molecule has 2 aliphatic heterocycles. The van der Waals surface area contributed by atoms with Crippen LogP contribution in [0, 0.1) is 0 Å². The molecule has 0 aliphatic carbocycles. The SMILES string of the molecule is C(CNC1CCCOCC1)COCC1CCCO1. The molecule has 4 heteroatoms. The summed E-state index contributed by atoms with van der Waals surface area (Å²) in [6, 6.07) is 0.644. The van der Waals surface area contributed by atoms with Crippen molar-refractivity contribution in [3.8, 4) is 0 Å². The third-order valence-electron chi connectivity index (χ3n) is 3.68. The Hall–Kier alpha value is -0.160. The van der Waals surface area contributed by atoms with Crippen molar-refractivity contribution in [3.05, 3.63) is 0 Å². The molecular formula is C14H27NO3. The molecule has 2 heterocycles. The minimum atomic E-state index is 0.358. The standard InChI is InChI=1S/C14H27NO3/c1-4-13(6-11-16-8-1)15-7-3-9-17-12-14-5-2-10-18-14/h13-15H,1-12H2. The molecule has 4 nitrogen and oxygen atoms in total. The third kappa shape index (κ3) is 5.65. The molecule has 18 heavy (non-hydrogen) atoms. The fourth-order valence-corrected chi connectivity index (χ4v) is 2.58. The highest BCUT2D eigenvalue weighted by Crippen LogP contribution is 2.12. The number of ether oxygens (including phenoxy) is 3. The summed E-state index contributed by atoms with van der Waals surface area (Å²) in [6.07, 6.45) is 7.39. The number of rotatable bonds is 7. The van der Waals surface area contributed by atoms with Crippen molar-refractivity contribution in [2.75, 3.05) is 39.6 Å². The average Bonchev–Trinajstić information content (AvgIpc) is 2.76. The molecule has 0 bridgehead atoms. The van der Waals surface area contributed by atoms with Gasteiger partial charge in [0.05, 0.1) is 12.7 Å². The predicted octanol–water partition coefficient (Wildman–Crippen LogP) is 1.73. The zero-order chi connectivity index (χ0) is 12.5. The van der Waals surface area contributed by atoms with E-state index in [1.54, 1.807) is 0 Å². The molecule has 0 radical (unpaired) electrons. The Morgan fingerprint density at radius 2 is 2.00 bits per heavy atom. The minimum Gasteiger partial charge on any atom is -0.381 e. The number of hydrogen-bond donors (Lipinski definition) is 1. The summed E-state index contributed by atoms with van der Waals surface area (Å²) in [6.45, 7) is 5.43. The average molecular weight is 257 g/mol. The smallest absolute Gasteiger partial charge is 0.0809 e. The van der Waals surface area contributed by atoms with Crippen molar-refractivity contribution < 1.29 is 14.2 Å². The number of hydrogen-bond acceptors (Lipinski definition) is 4. The van der Waals surface area contributed by atoms with Crippen LogP contribution in [0.2, 0.25) is 0 Å². The van der Waals surface area contributed by atoms with E-state index in [2.05, 4.69) is 5.32 Å². The van der Waals surface area contributed by atoms with Gasteiger partial charge in [-0.2, -0.15) is 0 Å². The quantitative estimate of drug-likeness (QED) is 0.705. The minimum absolute atomic E-state index is 0.358. The van der Waals surface area contributed by atoms with Crippen LogP contribution in [0.5, 0.6) is 0 Å². The molecule has 0 saturated carbocycles. The molecule has 2 atom stereocenters. The van der Waals surface area contributed by atoms with Gasteiger partial charge in [0, 0.05) is 32.5 Å². The summed E-state index contributed by atoms with van der Waals surface area (Å²) in [7, 11) is 0. The van der Waals surface area contributed by atoms with Gasteiger partial charge in [-0.1, -0.05) is 0 Å². The van der Waals surface area contributed by atoms with Crippen molar-refractivity contribution in [1.82, 2.24) is 5.32 Å². The Morgan fingerprint density at radius 3 is 2.89 bits per heavy atom. The van der Waals surface area contributed by atoms with Crippen molar-refractivity contribution in [2.45, 2.75) is 50.7 Å². The highest BCUT2D eigenvalue weighted by atomic mass is 16.5. The second kappa shape index (κ2) is 8.86. The van der Waals surface area contributed by atoms with Gasteiger partial charge in [0.15, 0.2) is 0 Å². The summed E-state index contributed by atoms with van der Waals surface area (Å²) in [4.78, 5) is 0. The molecule has 0 amide bonds. The van der Waals surface area contributed by atoms with Crippen LogP contribution in [0.15, 0.2) is 0 Å². The topological polar surface area (TPSA) is 39.7 Å². The van der Waals surface area contributed by atoms with Crippen LogP contribution < -0.4 is 5.32 Å². The lowest BCUT2D eigenvalue weighted by molar-refractivity contribution is 0.0165. The van der Waals surface area contributed by atoms with E-state index in [0.717, 1.165) is 52.4 Å². The molecule has 2 rings (SSSR count). The van der Waals surface area contributed by atoms with Gasteiger partial charge in [0.2, 0.25) is 0 Å². The lowest BCUT2D eigenvalue weighted by Gasteiger charge is -2.15. The first-order valence-corrected chi connectivity index (χ1v) is 7.45. The van der Waals surface area contributed by atoms with E-state index in [9.17, 15) is 0 Å². The molecule has 2 aliphatic rings. The van der Waals surface area contributed by atoms with Crippen molar-refractivity contribution >= 4 is 0 Å². The monoisotopic (exact) mass is 257 g/mol. The number of nitrogens with one attached hydrogen (secondary N) is 1. The highest BCUT2D eigenvalue weighted by Gasteiger charge is 2.15. The van der Waals surface area contributed by atoms with Crippen LogP contribution in [0.25, 0.3) is 0 Å². The summed E-state index contributed by atoms with van der Waals surface area (Å²) in [5, 5.41) is 3.60. The Balaban J connectivity index is 1.40. The van der Waals surface area contributed by atoms with Crippen molar-refractivity contribution in [3.63, 3.8) is 0 Å². The van der Waals surface area contributed by atoms with Gasteiger partial charge >= 0.3 is 0 Å². The first-order valence-electron chi connectivity index (χ1n) is 7.45. The van der Waals surface area contributed by atoms with Gasteiger partial charge in [-0.3, -0.25) is 0 Å². The second-order valence-electron chi connectivity index (χ2n) is 5.26. The summed E-state index contributed by atoms with van der Waals surface area (Å²) >= 11 is 0.